The van der Waals surface area contributed by atoms with Gasteiger partial charge in [0.25, 0.3) is 0 Å². The molecule has 186 valence electrons. The molecule has 2 aromatic rings. The maximum Gasteiger partial charge on any atom is 0.338 e. The highest BCUT2D eigenvalue weighted by molar-refractivity contribution is 5.89. The fourth-order valence-electron chi connectivity index (χ4n) is 5.21. The highest BCUT2D eigenvalue weighted by atomic mass is 19.2. The van der Waals surface area contributed by atoms with E-state index in [1.54, 1.807) is 0 Å². The van der Waals surface area contributed by atoms with Crippen LogP contribution in [-0.4, -0.2) is 11.1 Å². The molecule has 0 saturated heterocycles. The molecule has 34 heavy (non-hydrogen) atoms. The summed E-state index contributed by atoms with van der Waals surface area (Å²) in [7, 11) is 0. The maximum atomic E-state index is 15.2. The van der Waals surface area contributed by atoms with Crippen molar-refractivity contribution in [2.75, 3.05) is 0 Å². The van der Waals surface area contributed by atoms with Crippen molar-refractivity contribution in [1.82, 2.24) is 0 Å². The Hall–Kier alpha value is -2.37. The molecule has 0 unspecified atom stereocenters. The molecule has 1 fully saturated rings. The lowest BCUT2D eigenvalue weighted by Crippen LogP contribution is -2.16. The van der Waals surface area contributed by atoms with Crippen LogP contribution in [0.3, 0.4) is 0 Å². The zero-order chi connectivity index (χ0) is 24.7. The summed E-state index contributed by atoms with van der Waals surface area (Å²) in [4.78, 5) is 11.5. The summed E-state index contributed by atoms with van der Waals surface area (Å²) in [6.07, 6.45) is 13.0. The first-order valence-electron chi connectivity index (χ1n) is 12.5. The van der Waals surface area contributed by atoms with Crippen LogP contribution >= 0.6 is 0 Å². The maximum absolute atomic E-state index is 15.2. The number of rotatable bonds is 11. The molecule has 2 aromatic carbocycles. The van der Waals surface area contributed by atoms with E-state index in [1.807, 2.05) is 0 Å². The first kappa shape index (κ1) is 26.2. The van der Waals surface area contributed by atoms with Gasteiger partial charge in [0.2, 0.25) is 0 Å². The minimum Gasteiger partial charge on any atom is -0.478 e. The number of carbonyl (C=O) groups is 1. The smallest absolute Gasteiger partial charge is 0.338 e. The predicted octanol–water partition coefficient (Wildman–Crippen LogP) is 8.71. The molecule has 1 aliphatic rings. The van der Waals surface area contributed by atoms with Gasteiger partial charge in [-0.3, -0.25) is 0 Å². The first-order chi connectivity index (χ1) is 16.3. The van der Waals surface area contributed by atoms with E-state index < -0.39 is 34.8 Å². The molecular formula is C28H34F4O2. The minimum absolute atomic E-state index is 0.00554. The number of unbranched alkanes of at least 4 members (excludes halogenated alkanes) is 4. The summed E-state index contributed by atoms with van der Waals surface area (Å²) < 4.78 is 56.2. The number of carboxylic acids is 1. The van der Waals surface area contributed by atoms with Gasteiger partial charge in [0.1, 0.15) is 5.82 Å². The van der Waals surface area contributed by atoms with Crippen LogP contribution in [0.4, 0.5) is 17.6 Å². The number of benzene rings is 2. The van der Waals surface area contributed by atoms with Crippen molar-refractivity contribution in [2.24, 2.45) is 11.8 Å². The molecule has 0 aliphatic heterocycles. The largest absolute Gasteiger partial charge is 0.478 e. The fraction of sp³-hybridized carbons (Fsp3) is 0.536. The molecule has 0 heterocycles. The second kappa shape index (κ2) is 12.4. The van der Waals surface area contributed by atoms with E-state index in [2.05, 4.69) is 6.92 Å². The van der Waals surface area contributed by atoms with Crippen molar-refractivity contribution >= 4 is 5.97 Å². The van der Waals surface area contributed by atoms with Gasteiger partial charge in [-0.05, 0) is 59.6 Å². The van der Waals surface area contributed by atoms with Crippen LogP contribution in [0.15, 0.2) is 24.3 Å². The first-order valence-corrected chi connectivity index (χ1v) is 12.5. The lowest BCUT2D eigenvalue weighted by molar-refractivity contribution is 0.0691. The average molecular weight is 479 g/mol. The molecule has 1 aliphatic carbocycles. The molecule has 1 saturated carbocycles. The standard InChI is InChI=1S/C28H34F4O2/c1-2-3-4-5-6-7-18-8-10-19(11-9-18)12-13-22-21(14-15-23(26(22)31)28(33)34)20-16-24(29)27(32)25(30)17-20/h14-19H,2-13H2,1H3,(H,33,34). The van der Waals surface area contributed by atoms with Gasteiger partial charge >= 0.3 is 5.97 Å². The molecule has 2 nitrogen and oxygen atoms in total. The second-order valence-electron chi connectivity index (χ2n) is 9.64. The van der Waals surface area contributed by atoms with Gasteiger partial charge < -0.3 is 5.11 Å². The molecular weight excluding hydrogens is 444 g/mol. The van der Waals surface area contributed by atoms with Crippen molar-refractivity contribution in [3.05, 3.63) is 58.7 Å². The molecule has 0 radical (unpaired) electrons. The average Bonchev–Trinajstić information content (AvgIpc) is 2.81. The van der Waals surface area contributed by atoms with Crippen LogP contribution in [0, 0.1) is 35.1 Å². The van der Waals surface area contributed by atoms with Crippen molar-refractivity contribution in [2.45, 2.75) is 84.0 Å². The third kappa shape index (κ3) is 6.61. The van der Waals surface area contributed by atoms with Gasteiger partial charge in [-0.2, -0.15) is 0 Å². The van der Waals surface area contributed by atoms with Gasteiger partial charge in [-0.25, -0.2) is 22.4 Å². The summed E-state index contributed by atoms with van der Waals surface area (Å²) in [6.45, 7) is 2.21. The monoisotopic (exact) mass is 478 g/mol. The third-order valence-corrected chi connectivity index (χ3v) is 7.25. The van der Waals surface area contributed by atoms with Gasteiger partial charge in [0.15, 0.2) is 17.5 Å². The lowest BCUT2D eigenvalue weighted by Gasteiger charge is -2.29. The zero-order valence-corrected chi connectivity index (χ0v) is 19.8. The van der Waals surface area contributed by atoms with Crippen molar-refractivity contribution in [1.29, 1.82) is 0 Å². The van der Waals surface area contributed by atoms with E-state index in [1.165, 1.54) is 44.6 Å². The normalized spacial score (nSPS) is 18.3. The van der Waals surface area contributed by atoms with E-state index >= 15 is 4.39 Å². The Morgan fingerprint density at radius 2 is 1.44 bits per heavy atom. The number of hydrogen-bond donors (Lipinski definition) is 1. The Labute approximate surface area is 199 Å². The minimum atomic E-state index is -1.59. The SMILES string of the molecule is CCCCCCCC1CCC(CCc2c(-c3cc(F)c(F)c(F)c3)ccc(C(=O)O)c2F)CC1. The molecule has 0 atom stereocenters. The highest BCUT2D eigenvalue weighted by Gasteiger charge is 2.24. The number of halogens is 4. The van der Waals surface area contributed by atoms with E-state index in [0.717, 1.165) is 49.8 Å². The van der Waals surface area contributed by atoms with Crippen LogP contribution in [0.2, 0.25) is 0 Å². The highest BCUT2D eigenvalue weighted by Crippen LogP contribution is 2.36. The van der Waals surface area contributed by atoms with Crippen LogP contribution in [0.5, 0.6) is 0 Å². The van der Waals surface area contributed by atoms with E-state index in [9.17, 15) is 23.1 Å². The lowest BCUT2D eigenvalue weighted by atomic mass is 9.77. The number of carboxylic acid groups (broad SMARTS) is 1. The second-order valence-corrected chi connectivity index (χ2v) is 9.64. The Bertz CT molecular complexity index is 958. The quantitative estimate of drug-likeness (QED) is 0.199. The van der Waals surface area contributed by atoms with Crippen molar-refractivity contribution in [3.63, 3.8) is 0 Å². The van der Waals surface area contributed by atoms with E-state index in [-0.39, 0.29) is 23.1 Å². The predicted molar refractivity (Wildman–Crippen MR) is 126 cm³/mol. The molecule has 3 rings (SSSR count). The summed E-state index contributed by atoms with van der Waals surface area (Å²) in [5.41, 5.74) is -0.174. The zero-order valence-electron chi connectivity index (χ0n) is 19.8. The third-order valence-electron chi connectivity index (χ3n) is 7.25. The summed E-state index contributed by atoms with van der Waals surface area (Å²) in [5.74, 6) is -5.47. The summed E-state index contributed by atoms with van der Waals surface area (Å²) in [5, 5.41) is 9.33. The van der Waals surface area contributed by atoms with Crippen molar-refractivity contribution < 1.29 is 27.5 Å². The fourth-order valence-corrected chi connectivity index (χ4v) is 5.21. The number of aromatic carboxylic acids is 1. The van der Waals surface area contributed by atoms with E-state index in [0.29, 0.717) is 12.3 Å². The van der Waals surface area contributed by atoms with Gasteiger partial charge in [-0.1, -0.05) is 77.2 Å². The van der Waals surface area contributed by atoms with Gasteiger partial charge in [0.05, 0.1) is 5.56 Å². The Kier molecular flexibility index (Phi) is 9.54. The Balaban J connectivity index is 1.68. The summed E-state index contributed by atoms with van der Waals surface area (Å²) >= 11 is 0. The van der Waals surface area contributed by atoms with Crippen LogP contribution in [-0.2, 0) is 6.42 Å². The Morgan fingerprint density at radius 3 is 2.03 bits per heavy atom. The van der Waals surface area contributed by atoms with Crippen LogP contribution in [0.25, 0.3) is 11.1 Å². The van der Waals surface area contributed by atoms with Crippen LogP contribution in [0.1, 0.15) is 93.5 Å². The molecule has 1 N–H and O–H groups in total. The Morgan fingerprint density at radius 1 is 0.853 bits per heavy atom. The molecule has 6 heteroatoms. The molecule has 0 aromatic heterocycles. The molecule has 0 bridgehead atoms. The number of hydrogen-bond acceptors (Lipinski definition) is 1. The molecule has 0 amide bonds. The summed E-state index contributed by atoms with van der Waals surface area (Å²) in [6, 6.07) is 4.08. The molecule has 0 spiro atoms. The van der Waals surface area contributed by atoms with Crippen LogP contribution < -0.4 is 0 Å². The van der Waals surface area contributed by atoms with Gasteiger partial charge in [0, 0.05) is 0 Å². The van der Waals surface area contributed by atoms with E-state index in [4.69, 9.17) is 0 Å². The van der Waals surface area contributed by atoms with Gasteiger partial charge in [-0.15, -0.1) is 0 Å². The van der Waals surface area contributed by atoms with Crippen molar-refractivity contribution in [3.8, 4) is 11.1 Å². The topological polar surface area (TPSA) is 37.3 Å².